The van der Waals surface area contributed by atoms with Crippen molar-refractivity contribution in [2.75, 3.05) is 13.1 Å². The maximum Gasteiger partial charge on any atom is 0.303 e. The molecule has 0 spiro atoms. The van der Waals surface area contributed by atoms with Gasteiger partial charge in [-0.2, -0.15) is 0 Å². The number of carboxylic acid groups (broad SMARTS) is 1. The molecule has 1 aromatic carbocycles. The van der Waals surface area contributed by atoms with Gasteiger partial charge in [-0.05, 0) is 23.6 Å². The summed E-state index contributed by atoms with van der Waals surface area (Å²) in [4.78, 5) is 12.4. The van der Waals surface area contributed by atoms with Crippen LogP contribution in [0.3, 0.4) is 0 Å². The second-order valence-corrected chi connectivity index (χ2v) is 4.44. The van der Waals surface area contributed by atoms with Crippen LogP contribution in [-0.4, -0.2) is 29.1 Å². The minimum absolute atomic E-state index is 0.158. The number of likely N-dealkylation sites (tertiary alicyclic amines) is 1. The Morgan fingerprint density at radius 1 is 1.29 bits per heavy atom. The molecular formula is C12H13F2NO2. The third-order valence-electron chi connectivity index (χ3n) is 2.82. The fraction of sp³-hybridized carbons (Fsp3) is 0.417. The van der Waals surface area contributed by atoms with Crippen LogP contribution in [-0.2, 0) is 11.3 Å². The summed E-state index contributed by atoms with van der Waals surface area (Å²) in [7, 11) is 0. The molecule has 1 aliphatic heterocycles. The molecule has 1 aliphatic rings. The highest BCUT2D eigenvalue weighted by Gasteiger charge is 2.28. The van der Waals surface area contributed by atoms with Gasteiger partial charge >= 0.3 is 5.97 Å². The lowest BCUT2D eigenvalue weighted by Crippen LogP contribution is -2.46. The third-order valence-corrected chi connectivity index (χ3v) is 2.82. The summed E-state index contributed by atoms with van der Waals surface area (Å²) < 4.78 is 25.8. The molecule has 0 amide bonds. The van der Waals surface area contributed by atoms with Crippen LogP contribution in [0.2, 0.25) is 0 Å². The molecule has 1 saturated heterocycles. The molecule has 0 atom stereocenters. The highest BCUT2D eigenvalue weighted by Crippen LogP contribution is 2.22. The van der Waals surface area contributed by atoms with Gasteiger partial charge in [0.1, 0.15) is 11.6 Å². The maximum absolute atomic E-state index is 12.9. The number of nitrogens with zero attached hydrogens (tertiary/aromatic N) is 1. The van der Waals surface area contributed by atoms with Crippen molar-refractivity contribution in [2.24, 2.45) is 5.92 Å². The lowest BCUT2D eigenvalue weighted by atomic mass is 9.96. The Kier molecular flexibility index (Phi) is 3.38. The van der Waals surface area contributed by atoms with E-state index >= 15 is 0 Å². The fourth-order valence-electron chi connectivity index (χ4n) is 2.14. The van der Waals surface area contributed by atoms with Crippen molar-refractivity contribution in [3.8, 4) is 0 Å². The van der Waals surface area contributed by atoms with Gasteiger partial charge in [0.2, 0.25) is 0 Å². The predicted molar refractivity (Wildman–Crippen MR) is 57.4 cm³/mol. The van der Waals surface area contributed by atoms with Crippen LogP contribution < -0.4 is 0 Å². The van der Waals surface area contributed by atoms with Crippen molar-refractivity contribution in [3.63, 3.8) is 0 Å². The molecule has 1 fully saturated rings. The Morgan fingerprint density at radius 2 is 1.88 bits per heavy atom. The van der Waals surface area contributed by atoms with Crippen LogP contribution in [0.5, 0.6) is 0 Å². The van der Waals surface area contributed by atoms with Gasteiger partial charge < -0.3 is 5.11 Å². The molecule has 0 aromatic heterocycles. The summed E-state index contributed by atoms with van der Waals surface area (Å²) in [5, 5.41) is 8.58. The van der Waals surface area contributed by atoms with E-state index in [1.54, 1.807) is 0 Å². The number of halogens is 2. The van der Waals surface area contributed by atoms with E-state index in [2.05, 4.69) is 0 Å². The van der Waals surface area contributed by atoms with Crippen LogP contribution in [0.1, 0.15) is 12.0 Å². The second-order valence-electron chi connectivity index (χ2n) is 4.44. The topological polar surface area (TPSA) is 40.5 Å². The molecule has 5 heteroatoms. The monoisotopic (exact) mass is 241 g/mol. The van der Waals surface area contributed by atoms with Crippen molar-refractivity contribution in [3.05, 3.63) is 35.4 Å². The minimum atomic E-state index is -0.800. The van der Waals surface area contributed by atoms with E-state index in [-0.39, 0.29) is 12.3 Å². The molecule has 1 heterocycles. The predicted octanol–water partition coefficient (Wildman–Crippen LogP) is 1.87. The van der Waals surface area contributed by atoms with Gasteiger partial charge in [0.15, 0.2) is 0 Å². The zero-order valence-corrected chi connectivity index (χ0v) is 9.20. The number of rotatable bonds is 4. The summed E-state index contributed by atoms with van der Waals surface area (Å²) in [5.41, 5.74) is 0.580. The van der Waals surface area contributed by atoms with Crippen molar-refractivity contribution in [1.82, 2.24) is 4.90 Å². The maximum atomic E-state index is 12.9. The lowest BCUT2D eigenvalue weighted by Gasteiger charge is -2.38. The smallest absolute Gasteiger partial charge is 0.303 e. The minimum Gasteiger partial charge on any atom is -0.481 e. The van der Waals surface area contributed by atoms with Crippen LogP contribution in [0.25, 0.3) is 0 Å². The zero-order chi connectivity index (χ0) is 12.4. The van der Waals surface area contributed by atoms with Crippen LogP contribution in [0.15, 0.2) is 18.2 Å². The normalized spacial score (nSPS) is 16.8. The van der Waals surface area contributed by atoms with E-state index < -0.39 is 17.6 Å². The van der Waals surface area contributed by atoms with E-state index in [1.807, 2.05) is 4.90 Å². The number of hydrogen-bond acceptors (Lipinski definition) is 2. The Balaban J connectivity index is 1.85. The molecule has 0 saturated carbocycles. The molecule has 0 bridgehead atoms. The second kappa shape index (κ2) is 4.79. The molecule has 92 valence electrons. The summed E-state index contributed by atoms with van der Waals surface area (Å²) in [5.74, 6) is -1.80. The third kappa shape index (κ3) is 3.23. The van der Waals surface area contributed by atoms with Crippen molar-refractivity contribution >= 4 is 5.97 Å². The molecule has 1 aromatic rings. The highest BCUT2D eigenvalue weighted by atomic mass is 19.1. The Morgan fingerprint density at radius 3 is 2.41 bits per heavy atom. The van der Waals surface area contributed by atoms with Gasteiger partial charge in [-0.3, -0.25) is 9.69 Å². The van der Waals surface area contributed by atoms with Crippen LogP contribution >= 0.6 is 0 Å². The molecule has 3 nitrogen and oxygen atoms in total. The largest absolute Gasteiger partial charge is 0.481 e. The first kappa shape index (κ1) is 12.0. The fourth-order valence-corrected chi connectivity index (χ4v) is 2.14. The van der Waals surface area contributed by atoms with E-state index in [9.17, 15) is 13.6 Å². The Labute approximate surface area is 97.7 Å². The Bertz CT molecular complexity index is 410. The molecule has 0 radical (unpaired) electrons. The number of hydrogen-bond donors (Lipinski definition) is 1. The summed E-state index contributed by atoms with van der Waals surface area (Å²) >= 11 is 0. The molecular weight excluding hydrogens is 228 g/mol. The molecule has 1 N–H and O–H groups in total. The zero-order valence-electron chi connectivity index (χ0n) is 9.20. The van der Waals surface area contributed by atoms with Gasteiger partial charge in [-0.15, -0.1) is 0 Å². The molecule has 17 heavy (non-hydrogen) atoms. The van der Waals surface area contributed by atoms with Gasteiger partial charge in [-0.1, -0.05) is 0 Å². The van der Waals surface area contributed by atoms with E-state index in [0.717, 1.165) is 6.07 Å². The number of carbonyl (C=O) groups is 1. The molecule has 0 aliphatic carbocycles. The van der Waals surface area contributed by atoms with E-state index in [4.69, 9.17) is 5.11 Å². The summed E-state index contributed by atoms with van der Waals surface area (Å²) in [6, 6.07) is 3.44. The van der Waals surface area contributed by atoms with Crippen LogP contribution in [0.4, 0.5) is 8.78 Å². The number of benzene rings is 1. The Hall–Kier alpha value is -1.49. The van der Waals surface area contributed by atoms with Gasteiger partial charge in [0.25, 0.3) is 0 Å². The van der Waals surface area contributed by atoms with E-state index in [1.165, 1.54) is 12.1 Å². The van der Waals surface area contributed by atoms with E-state index in [0.29, 0.717) is 25.2 Å². The first-order chi connectivity index (χ1) is 8.02. The molecule has 2 rings (SSSR count). The number of aliphatic carboxylic acids is 1. The highest BCUT2D eigenvalue weighted by molar-refractivity contribution is 5.67. The van der Waals surface area contributed by atoms with Crippen molar-refractivity contribution < 1.29 is 18.7 Å². The van der Waals surface area contributed by atoms with Crippen LogP contribution in [0, 0.1) is 17.6 Å². The average molecular weight is 241 g/mol. The van der Waals surface area contributed by atoms with Gasteiger partial charge in [0.05, 0.1) is 6.42 Å². The number of carboxylic acids is 1. The van der Waals surface area contributed by atoms with Crippen molar-refractivity contribution in [2.45, 2.75) is 13.0 Å². The summed E-state index contributed by atoms with van der Waals surface area (Å²) in [6.45, 7) is 1.81. The standard InChI is InChI=1S/C12H13F2NO2/c13-10-1-8(2-11(14)4-10)5-15-6-9(7-15)3-12(16)17/h1-2,4,9H,3,5-7H2,(H,16,17). The first-order valence-corrected chi connectivity index (χ1v) is 5.42. The summed E-state index contributed by atoms with van der Waals surface area (Å²) in [6.07, 6.45) is 0.161. The lowest BCUT2D eigenvalue weighted by molar-refractivity contribution is -0.139. The van der Waals surface area contributed by atoms with Gasteiger partial charge in [-0.25, -0.2) is 8.78 Å². The van der Waals surface area contributed by atoms with Gasteiger partial charge in [0, 0.05) is 25.7 Å². The molecule has 0 unspecified atom stereocenters. The SMILES string of the molecule is O=C(O)CC1CN(Cc2cc(F)cc(F)c2)C1. The first-order valence-electron chi connectivity index (χ1n) is 5.42. The van der Waals surface area contributed by atoms with Crippen molar-refractivity contribution in [1.29, 1.82) is 0 Å². The average Bonchev–Trinajstić information content (AvgIpc) is 2.11. The quantitative estimate of drug-likeness (QED) is 0.874.